The van der Waals surface area contributed by atoms with Gasteiger partial charge in [-0.3, -0.25) is 0 Å². The first-order valence-corrected chi connectivity index (χ1v) is 6.55. The van der Waals surface area contributed by atoms with Gasteiger partial charge in [0.25, 0.3) is 0 Å². The van der Waals surface area contributed by atoms with Crippen molar-refractivity contribution in [1.82, 2.24) is 5.32 Å². The molecule has 1 saturated carbocycles. The van der Waals surface area contributed by atoms with E-state index in [1.807, 2.05) is 25.1 Å². The molecule has 0 heterocycles. The lowest BCUT2D eigenvalue weighted by molar-refractivity contribution is 0.0596. The topological polar surface area (TPSA) is 32.3 Å². The molecule has 0 radical (unpaired) electrons. The first kappa shape index (κ1) is 12.1. The van der Waals surface area contributed by atoms with Gasteiger partial charge in [-0.1, -0.05) is 34.1 Å². The zero-order chi connectivity index (χ0) is 11.6. The van der Waals surface area contributed by atoms with Crippen LogP contribution in [0.25, 0.3) is 0 Å². The molecule has 0 aromatic heterocycles. The molecule has 0 saturated heterocycles. The van der Waals surface area contributed by atoms with Crippen molar-refractivity contribution in [1.29, 1.82) is 0 Å². The summed E-state index contributed by atoms with van der Waals surface area (Å²) < 4.78 is 1.07. The van der Waals surface area contributed by atoms with Crippen LogP contribution in [-0.4, -0.2) is 23.3 Å². The summed E-state index contributed by atoms with van der Waals surface area (Å²) in [7, 11) is 0. The highest BCUT2D eigenvalue weighted by atomic mass is 79.9. The lowest BCUT2D eigenvalue weighted by atomic mass is 9.96. The molecule has 2 nitrogen and oxygen atoms in total. The van der Waals surface area contributed by atoms with Gasteiger partial charge >= 0.3 is 0 Å². The number of hydrogen-bond acceptors (Lipinski definition) is 2. The van der Waals surface area contributed by atoms with Gasteiger partial charge in [-0.25, -0.2) is 0 Å². The summed E-state index contributed by atoms with van der Waals surface area (Å²) in [4.78, 5) is 0. The average molecular weight is 284 g/mol. The molecule has 2 rings (SSSR count). The van der Waals surface area contributed by atoms with Gasteiger partial charge in [0.1, 0.15) is 0 Å². The molecule has 0 amide bonds. The summed E-state index contributed by atoms with van der Waals surface area (Å²) in [6, 6.07) is 8.70. The molecule has 0 aliphatic heterocycles. The second-order valence-corrected chi connectivity index (χ2v) is 5.77. The fraction of sp³-hybridized carbons (Fsp3) is 0.538. The van der Waals surface area contributed by atoms with Crippen LogP contribution in [0.3, 0.4) is 0 Å². The normalized spacial score (nSPS) is 19.4. The number of rotatable bonds is 5. The minimum atomic E-state index is -0.674. The van der Waals surface area contributed by atoms with Gasteiger partial charge in [-0.2, -0.15) is 0 Å². The Morgan fingerprint density at radius 3 is 2.75 bits per heavy atom. The predicted octanol–water partition coefficient (Wildman–Crippen LogP) is 2.49. The monoisotopic (exact) mass is 283 g/mol. The first-order chi connectivity index (χ1) is 7.57. The van der Waals surface area contributed by atoms with Gasteiger partial charge < -0.3 is 10.4 Å². The summed E-state index contributed by atoms with van der Waals surface area (Å²) in [5, 5.41) is 13.7. The van der Waals surface area contributed by atoms with Crippen molar-refractivity contribution in [2.24, 2.45) is 0 Å². The Balaban J connectivity index is 1.93. The van der Waals surface area contributed by atoms with Gasteiger partial charge in [-0.05, 0) is 31.4 Å². The van der Waals surface area contributed by atoms with Gasteiger partial charge in [-0.15, -0.1) is 0 Å². The molecule has 0 spiro atoms. The van der Waals surface area contributed by atoms with Crippen molar-refractivity contribution in [3.63, 3.8) is 0 Å². The Labute approximate surface area is 105 Å². The first-order valence-electron chi connectivity index (χ1n) is 5.76. The van der Waals surface area contributed by atoms with Crippen molar-refractivity contribution < 1.29 is 5.11 Å². The van der Waals surface area contributed by atoms with E-state index < -0.39 is 5.60 Å². The Bertz CT molecular complexity index is 361. The van der Waals surface area contributed by atoms with Crippen molar-refractivity contribution in [3.05, 3.63) is 34.3 Å². The molecule has 1 aliphatic carbocycles. The number of benzene rings is 1. The minimum Gasteiger partial charge on any atom is -0.389 e. The molecule has 88 valence electrons. The Hall–Kier alpha value is -0.380. The summed E-state index contributed by atoms with van der Waals surface area (Å²) in [6.45, 7) is 2.56. The van der Waals surface area contributed by atoms with Crippen LogP contribution in [0, 0.1) is 0 Å². The number of hydrogen-bond donors (Lipinski definition) is 2. The number of halogens is 1. The van der Waals surface area contributed by atoms with Crippen LogP contribution in [0.2, 0.25) is 0 Å². The SMILES string of the molecule is CC(O)(CNC1CC1)Cc1ccccc1Br. The summed E-state index contributed by atoms with van der Waals surface area (Å²) >= 11 is 3.51. The largest absolute Gasteiger partial charge is 0.389 e. The maximum Gasteiger partial charge on any atom is 0.0784 e. The van der Waals surface area contributed by atoms with Crippen molar-refractivity contribution in [2.75, 3.05) is 6.54 Å². The quantitative estimate of drug-likeness (QED) is 0.870. The molecule has 1 atom stereocenters. The van der Waals surface area contributed by atoms with Crippen LogP contribution < -0.4 is 5.32 Å². The highest BCUT2D eigenvalue weighted by Crippen LogP contribution is 2.23. The van der Waals surface area contributed by atoms with E-state index >= 15 is 0 Å². The van der Waals surface area contributed by atoms with Gasteiger partial charge in [0.2, 0.25) is 0 Å². The second-order valence-electron chi connectivity index (χ2n) is 4.92. The molecular formula is C13H18BrNO. The highest BCUT2D eigenvalue weighted by molar-refractivity contribution is 9.10. The molecule has 1 fully saturated rings. The van der Waals surface area contributed by atoms with Crippen molar-refractivity contribution >= 4 is 15.9 Å². The van der Waals surface area contributed by atoms with Crippen LogP contribution in [0.1, 0.15) is 25.3 Å². The smallest absolute Gasteiger partial charge is 0.0784 e. The van der Waals surface area contributed by atoms with Crippen LogP contribution in [0.15, 0.2) is 28.7 Å². The summed E-state index contributed by atoms with van der Waals surface area (Å²) in [5.74, 6) is 0. The van der Waals surface area contributed by atoms with Gasteiger partial charge in [0.15, 0.2) is 0 Å². The second kappa shape index (κ2) is 4.86. The molecule has 0 bridgehead atoms. The molecule has 16 heavy (non-hydrogen) atoms. The van der Waals surface area contributed by atoms with Crippen LogP contribution >= 0.6 is 15.9 Å². The Morgan fingerprint density at radius 1 is 1.44 bits per heavy atom. The molecule has 1 aromatic rings. The Morgan fingerprint density at radius 2 is 2.12 bits per heavy atom. The van der Waals surface area contributed by atoms with E-state index in [0.29, 0.717) is 19.0 Å². The summed E-state index contributed by atoms with van der Waals surface area (Å²) in [5.41, 5.74) is 0.483. The Kier molecular flexibility index (Phi) is 3.67. The summed E-state index contributed by atoms with van der Waals surface area (Å²) in [6.07, 6.45) is 3.18. The fourth-order valence-electron chi connectivity index (χ4n) is 1.77. The number of nitrogens with one attached hydrogen (secondary N) is 1. The minimum absolute atomic E-state index is 0.644. The highest BCUT2D eigenvalue weighted by Gasteiger charge is 2.27. The predicted molar refractivity (Wildman–Crippen MR) is 69.5 cm³/mol. The third kappa shape index (κ3) is 3.58. The molecule has 3 heteroatoms. The van der Waals surface area contributed by atoms with Crippen molar-refractivity contribution in [3.8, 4) is 0 Å². The van der Waals surface area contributed by atoms with E-state index in [-0.39, 0.29) is 0 Å². The maximum atomic E-state index is 10.3. The van der Waals surface area contributed by atoms with E-state index in [2.05, 4.69) is 27.3 Å². The van der Waals surface area contributed by atoms with E-state index in [1.54, 1.807) is 0 Å². The molecule has 1 aliphatic rings. The van der Waals surface area contributed by atoms with Crippen LogP contribution in [-0.2, 0) is 6.42 Å². The number of aliphatic hydroxyl groups is 1. The van der Waals surface area contributed by atoms with E-state index in [4.69, 9.17) is 0 Å². The zero-order valence-electron chi connectivity index (χ0n) is 9.54. The maximum absolute atomic E-state index is 10.3. The van der Waals surface area contributed by atoms with Gasteiger partial charge in [0, 0.05) is 23.5 Å². The average Bonchev–Trinajstić information content (AvgIpc) is 3.02. The third-order valence-electron chi connectivity index (χ3n) is 2.88. The molecule has 1 unspecified atom stereocenters. The zero-order valence-corrected chi connectivity index (χ0v) is 11.1. The molecule has 1 aromatic carbocycles. The lowest BCUT2D eigenvalue weighted by Crippen LogP contribution is -2.40. The molecular weight excluding hydrogens is 266 g/mol. The lowest BCUT2D eigenvalue weighted by Gasteiger charge is -2.24. The van der Waals surface area contributed by atoms with Crippen LogP contribution in [0.4, 0.5) is 0 Å². The van der Waals surface area contributed by atoms with E-state index in [9.17, 15) is 5.11 Å². The van der Waals surface area contributed by atoms with Gasteiger partial charge in [0.05, 0.1) is 5.60 Å². The molecule has 2 N–H and O–H groups in total. The fourth-order valence-corrected chi connectivity index (χ4v) is 2.19. The van der Waals surface area contributed by atoms with E-state index in [1.165, 1.54) is 12.8 Å². The standard InChI is InChI=1S/C13H18BrNO/c1-13(16,9-15-11-6-7-11)8-10-4-2-3-5-12(10)14/h2-5,11,15-16H,6-9H2,1H3. The third-order valence-corrected chi connectivity index (χ3v) is 3.65. The van der Waals surface area contributed by atoms with Crippen molar-refractivity contribution in [2.45, 2.75) is 37.8 Å². The van der Waals surface area contributed by atoms with E-state index in [0.717, 1.165) is 10.0 Å². The van der Waals surface area contributed by atoms with Crippen LogP contribution in [0.5, 0.6) is 0 Å².